The van der Waals surface area contributed by atoms with Crippen molar-refractivity contribution in [3.63, 3.8) is 0 Å². The van der Waals surface area contributed by atoms with Gasteiger partial charge in [-0.2, -0.15) is 0 Å². The monoisotopic (exact) mass is 292 g/mol. The van der Waals surface area contributed by atoms with Crippen molar-refractivity contribution in [1.82, 2.24) is 0 Å². The first kappa shape index (κ1) is 13.8. The van der Waals surface area contributed by atoms with Gasteiger partial charge in [-0.05, 0) is 30.3 Å². The molecular formula is C13H9ClN2O4. The number of benzene rings is 2. The molecule has 2 N–H and O–H groups in total. The highest BCUT2D eigenvalue weighted by Gasteiger charge is 2.11. The number of aromatic carboxylic acids is 1. The smallest absolute Gasteiger partial charge is 0.337 e. The van der Waals surface area contributed by atoms with Crippen LogP contribution in [0.2, 0.25) is 5.02 Å². The second-order valence-corrected chi connectivity index (χ2v) is 4.36. The lowest BCUT2D eigenvalue weighted by molar-refractivity contribution is -0.384. The molecular weight excluding hydrogens is 284 g/mol. The molecule has 102 valence electrons. The minimum Gasteiger partial charge on any atom is -0.478 e. The van der Waals surface area contributed by atoms with E-state index in [0.717, 1.165) is 0 Å². The van der Waals surface area contributed by atoms with Crippen molar-refractivity contribution in [3.05, 3.63) is 63.2 Å². The van der Waals surface area contributed by atoms with Crippen LogP contribution in [0.5, 0.6) is 0 Å². The maximum Gasteiger partial charge on any atom is 0.337 e. The van der Waals surface area contributed by atoms with Crippen molar-refractivity contribution in [2.75, 3.05) is 5.32 Å². The van der Waals surface area contributed by atoms with Crippen LogP contribution < -0.4 is 5.32 Å². The van der Waals surface area contributed by atoms with Crippen LogP contribution in [0.25, 0.3) is 0 Å². The molecule has 2 rings (SSSR count). The summed E-state index contributed by atoms with van der Waals surface area (Å²) in [4.78, 5) is 21.1. The second kappa shape index (κ2) is 5.58. The summed E-state index contributed by atoms with van der Waals surface area (Å²) in [6, 6.07) is 9.98. The Morgan fingerprint density at radius 3 is 2.40 bits per heavy atom. The van der Waals surface area contributed by atoms with Crippen molar-refractivity contribution in [2.45, 2.75) is 0 Å². The molecule has 2 aromatic carbocycles. The first-order valence-corrected chi connectivity index (χ1v) is 5.89. The number of hydrogen-bond acceptors (Lipinski definition) is 4. The minimum atomic E-state index is -1.09. The number of rotatable bonds is 4. The number of anilines is 2. The highest BCUT2D eigenvalue weighted by Crippen LogP contribution is 2.26. The molecule has 7 heteroatoms. The summed E-state index contributed by atoms with van der Waals surface area (Å²) >= 11 is 5.83. The highest BCUT2D eigenvalue weighted by molar-refractivity contribution is 6.31. The number of halogens is 1. The molecule has 20 heavy (non-hydrogen) atoms. The summed E-state index contributed by atoms with van der Waals surface area (Å²) < 4.78 is 0. The molecule has 0 amide bonds. The predicted octanol–water partition coefficient (Wildman–Crippen LogP) is 3.69. The fourth-order valence-corrected chi connectivity index (χ4v) is 1.80. The maximum atomic E-state index is 11.1. The van der Waals surface area contributed by atoms with E-state index in [9.17, 15) is 14.9 Å². The first-order valence-electron chi connectivity index (χ1n) is 5.51. The van der Waals surface area contributed by atoms with Crippen LogP contribution in [0.1, 0.15) is 10.4 Å². The molecule has 0 saturated carbocycles. The standard InChI is InChI=1S/C13H9ClN2O4/c14-8-1-6-11(13(17)18)12(7-8)15-9-2-4-10(5-3-9)16(19)20/h1-7,15H,(H,17,18). The van der Waals surface area contributed by atoms with Gasteiger partial charge in [0.05, 0.1) is 16.2 Å². The number of nitrogens with one attached hydrogen (secondary N) is 1. The third-order valence-corrected chi connectivity index (χ3v) is 2.80. The van der Waals surface area contributed by atoms with Crippen molar-refractivity contribution < 1.29 is 14.8 Å². The molecule has 0 spiro atoms. The summed E-state index contributed by atoms with van der Waals surface area (Å²) in [5, 5.41) is 22.9. The Bertz CT molecular complexity index is 671. The molecule has 0 aliphatic heterocycles. The lowest BCUT2D eigenvalue weighted by Crippen LogP contribution is -2.02. The summed E-state index contributed by atoms with van der Waals surface area (Å²) in [5.74, 6) is -1.09. The Balaban J connectivity index is 2.31. The van der Waals surface area contributed by atoms with Crippen LogP contribution in [0.3, 0.4) is 0 Å². The van der Waals surface area contributed by atoms with Gasteiger partial charge in [-0.15, -0.1) is 0 Å². The van der Waals surface area contributed by atoms with E-state index in [4.69, 9.17) is 16.7 Å². The quantitative estimate of drug-likeness (QED) is 0.662. The molecule has 0 radical (unpaired) electrons. The molecule has 2 aromatic rings. The zero-order valence-electron chi connectivity index (χ0n) is 10.0. The maximum absolute atomic E-state index is 11.1. The van der Waals surface area contributed by atoms with Crippen molar-refractivity contribution in [2.24, 2.45) is 0 Å². The minimum absolute atomic E-state index is 0.0416. The van der Waals surface area contributed by atoms with Gasteiger partial charge in [-0.25, -0.2) is 4.79 Å². The lowest BCUT2D eigenvalue weighted by atomic mass is 10.1. The zero-order valence-corrected chi connectivity index (χ0v) is 10.8. The number of non-ortho nitro benzene ring substituents is 1. The number of nitro groups is 1. The molecule has 0 aliphatic rings. The molecule has 6 nitrogen and oxygen atoms in total. The zero-order chi connectivity index (χ0) is 14.7. The molecule has 0 fully saturated rings. The number of hydrogen-bond donors (Lipinski definition) is 2. The fraction of sp³-hybridized carbons (Fsp3) is 0. The summed E-state index contributed by atoms with van der Waals surface area (Å²) in [6.45, 7) is 0. The second-order valence-electron chi connectivity index (χ2n) is 3.92. The van der Waals surface area contributed by atoms with E-state index in [1.165, 1.54) is 42.5 Å². The van der Waals surface area contributed by atoms with E-state index in [1.807, 2.05) is 0 Å². The molecule has 0 heterocycles. The largest absolute Gasteiger partial charge is 0.478 e. The van der Waals surface area contributed by atoms with Gasteiger partial charge in [0.15, 0.2) is 0 Å². The van der Waals surface area contributed by atoms with E-state index in [2.05, 4.69) is 5.32 Å². The van der Waals surface area contributed by atoms with Crippen LogP contribution in [0.4, 0.5) is 17.1 Å². The third kappa shape index (κ3) is 3.04. The molecule has 0 aliphatic carbocycles. The molecule has 0 bridgehead atoms. The van der Waals surface area contributed by atoms with Gasteiger partial charge < -0.3 is 10.4 Å². The van der Waals surface area contributed by atoms with E-state index in [0.29, 0.717) is 16.4 Å². The molecule has 0 atom stereocenters. The summed E-state index contributed by atoms with van der Waals surface area (Å²) in [7, 11) is 0. The molecule has 0 aromatic heterocycles. The highest BCUT2D eigenvalue weighted by atomic mass is 35.5. The van der Waals surface area contributed by atoms with E-state index in [-0.39, 0.29) is 11.3 Å². The Labute approximate surface area is 118 Å². The van der Waals surface area contributed by atoms with E-state index >= 15 is 0 Å². The topological polar surface area (TPSA) is 92.5 Å². The Morgan fingerprint density at radius 1 is 1.20 bits per heavy atom. The lowest BCUT2D eigenvalue weighted by Gasteiger charge is -2.09. The Kier molecular flexibility index (Phi) is 3.86. The third-order valence-electron chi connectivity index (χ3n) is 2.57. The molecule has 0 unspecified atom stereocenters. The van der Waals surface area contributed by atoms with Crippen LogP contribution in [0.15, 0.2) is 42.5 Å². The predicted molar refractivity (Wildman–Crippen MR) is 74.8 cm³/mol. The van der Waals surface area contributed by atoms with Crippen LogP contribution in [-0.2, 0) is 0 Å². The van der Waals surface area contributed by atoms with Crippen LogP contribution >= 0.6 is 11.6 Å². The van der Waals surface area contributed by atoms with Gasteiger partial charge in [0, 0.05) is 22.8 Å². The number of carboxylic acids is 1. The van der Waals surface area contributed by atoms with Gasteiger partial charge >= 0.3 is 5.97 Å². The summed E-state index contributed by atoms with van der Waals surface area (Å²) in [6.07, 6.45) is 0. The fourth-order valence-electron chi connectivity index (χ4n) is 1.63. The van der Waals surface area contributed by atoms with Crippen molar-refractivity contribution in [3.8, 4) is 0 Å². The van der Waals surface area contributed by atoms with Crippen LogP contribution in [0, 0.1) is 10.1 Å². The average Bonchev–Trinajstić information content (AvgIpc) is 2.39. The van der Waals surface area contributed by atoms with E-state index in [1.54, 1.807) is 0 Å². The number of carboxylic acid groups (broad SMARTS) is 1. The normalized spacial score (nSPS) is 10.1. The summed E-state index contributed by atoms with van der Waals surface area (Å²) in [5.41, 5.74) is 0.868. The van der Waals surface area contributed by atoms with Gasteiger partial charge in [-0.1, -0.05) is 11.6 Å². The number of carbonyl (C=O) groups is 1. The van der Waals surface area contributed by atoms with Gasteiger partial charge in [0.2, 0.25) is 0 Å². The average molecular weight is 293 g/mol. The molecule has 0 saturated heterocycles. The van der Waals surface area contributed by atoms with Crippen molar-refractivity contribution >= 4 is 34.6 Å². The first-order chi connectivity index (χ1) is 9.47. The number of nitro benzene ring substituents is 1. The van der Waals surface area contributed by atoms with Gasteiger partial charge in [0.1, 0.15) is 0 Å². The van der Waals surface area contributed by atoms with Gasteiger partial charge in [-0.3, -0.25) is 10.1 Å². The number of nitrogens with zero attached hydrogens (tertiary/aromatic N) is 1. The van der Waals surface area contributed by atoms with Gasteiger partial charge in [0.25, 0.3) is 5.69 Å². The van der Waals surface area contributed by atoms with Crippen LogP contribution in [-0.4, -0.2) is 16.0 Å². The SMILES string of the molecule is O=C(O)c1ccc(Cl)cc1Nc1ccc([N+](=O)[O-])cc1. The van der Waals surface area contributed by atoms with E-state index < -0.39 is 10.9 Å². The van der Waals surface area contributed by atoms with Crippen molar-refractivity contribution in [1.29, 1.82) is 0 Å². The Hall–Kier alpha value is -2.60. The Morgan fingerprint density at radius 2 is 1.85 bits per heavy atom.